The minimum Gasteiger partial charge on any atom is -0.467 e. The van der Waals surface area contributed by atoms with Crippen LogP contribution < -0.4 is 10.6 Å². The van der Waals surface area contributed by atoms with Crippen molar-refractivity contribution in [2.24, 2.45) is 0 Å². The normalized spacial score (nSPS) is 17.2. The van der Waals surface area contributed by atoms with Crippen LogP contribution in [0, 0.1) is 0 Å². The Labute approximate surface area is 216 Å². The summed E-state index contributed by atoms with van der Waals surface area (Å²) in [7, 11) is 0. The van der Waals surface area contributed by atoms with E-state index in [0.717, 1.165) is 34.8 Å². The lowest BCUT2D eigenvalue weighted by atomic mass is 10.0. The topological polar surface area (TPSA) is 75.3 Å². The number of aryl methyl sites for hydroxylation is 1. The summed E-state index contributed by atoms with van der Waals surface area (Å²) in [6, 6.07) is 21.5. The van der Waals surface area contributed by atoms with Gasteiger partial charge in [0.25, 0.3) is 0 Å². The van der Waals surface area contributed by atoms with Gasteiger partial charge in [-0.05, 0) is 66.7 Å². The van der Waals surface area contributed by atoms with Gasteiger partial charge in [-0.1, -0.05) is 31.2 Å². The number of furan rings is 1. The summed E-state index contributed by atoms with van der Waals surface area (Å²) in [4.78, 5) is 19.7. The minimum atomic E-state index is -0.146. The highest BCUT2D eigenvalue weighted by molar-refractivity contribution is 7.80. The van der Waals surface area contributed by atoms with E-state index in [1.165, 1.54) is 0 Å². The van der Waals surface area contributed by atoms with Crippen LogP contribution >= 0.6 is 12.2 Å². The summed E-state index contributed by atoms with van der Waals surface area (Å²) >= 11 is 5.78. The average Bonchev–Trinajstić information content (AvgIpc) is 3.65. The lowest BCUT2D eigenvalue weighted by Crippen LogP contribution is -2.33. The Morgan fingerprint density at radius 2 is 1.97 bits per heavy atom. The number of carbonyl (C=O) groups excluding carboxylic acids is 1. The molecule has 4 heterocycles. The second-order valence-electron chi connectivity index (χ2n) is 8.77. The van der Waals surface area contributed by atoms with Crippen LogP contribution in [0.3, 0.4) is 0 Å². The smallest absolute Gasteiger partial charge is 0.226 e. The lowest BCUT2D eigenvalue weighted by molar-refractivity contribution is -0.116. The van der Waals surface area contributed by atoms with Crippen molar-refractivity contribution in [3.63, 3.8) is 0 Å². The summed E-state index contributed by atoms with van der Waals surface area (Å²) in [5, 5.41) is 7.15. The molecule has 0 unspecified atom stereocenters. The number of rotatable bonds is 9. The van der Waals surface area contributed by atoms with Crippen LogP contribution in [0.4, 0.5) is 5.69 Å². The largest absolute Gasteiger partial charge is 0.467 e. The first-order valence-corrected chi connectivity index (χ1v) is 12.6. The third-order valence-electron chi connectivity index (χ3n) is 6.52. The summed E-state index contributed by atoms with van der Waals surface area (Å²) in [6.45, 7) is 3.17. The maximum atomic E-state index is 12.9. The molecule has 0 saturated carbocycles. The summed E-state index contributed by atoms with van der Waals surface area (Å²) in [5.74, 6) is 0.834. The third-order valence-corrected chi connectivity index (χ3v) is 6.88. The van der Waals surface area contributed by atoms with Crippen molar-refractivity contribution in [3.8, 4) is 0 Å². The Morgan fingerprint density at radius 3 is 2.75 bits per heavy atom. The number of para-hydroxylation sites is 1. The van der Waals surface area contributed by atoms with Crippen molar-refractivity contribution in [2.75, 3.05) is 11.9 Å². The van der Waals surface area contributed by atoms with Crippen LogP contribution in [0.1, 0.15) is 48.1 Å². The number of pyridine rings is 1. The van der Waals surface area contributed by atoms with Gasteiger partial charge in [0.05, 0.1) is 30.6 Å². The number of aromatic nitrogens is 2. The zero-order valence-electron chi connectivity index (χ0n) is 20.1. The standard InChI is InChI=1S/C28H29N5O2S/c1-2-20-9-3-4-11-22(20)30-25(34)14-17-33-27(26(31-28(33)36)23-12-5-6-15-29-23)24-13-7-16-32(24)19-21-10-8-18-35-21/h3-13,15-16,18,26-27H,2,14,17,19H2,1H3,(H,30,34)(H,31,36)/t26-,27+/m0/s1. The molecular weight excluding hydrogens is 470 g/mol. The van der Waals surface area contributed by atoms with Crippen LogP contribution in [0.15, 0.2) is 89.8 Å². The molecule has 0 aliphatic carbocycles. The fourth-order valence-electron chi connectivity index (χ4n) is 4.76. The zero-order valence-corrected chi connectivity index (χ0v) is 20.9. The number of anilines is 1. The number of nitrogens with zero attached hydrogens (tertiary/aromatic N) is 3. The Kier molecular flexibility index (Phi) is 7.13. The Morgan fingerprint density at radius 1 is 1.11 bits per heavy atom. The molecule has 36 heavy (non-hydrogen) atoms. The lowest BCUT2D eigenvalue weighted by Gasteiger charge is -2.28. The quantitative estimate of drug-likeness (QED) is 0.313. The molecule has 2 atom stereocenters. The van der Waals surface area contributed by atoms with Crippen molar-refractivity contribution in [3.05, 3.63) is 108 Å². The molecule has 0 bridgehead atoms. The summed E-state index contributed by atoms with van der Waals surface area (Å²) in [6.07, 6.45) is 6.69. The fourth-order valence-corrected chi connectivity index (χ4v) is 5.10. The number of hydrogen-bond donors (Lipinski definition) is 2. The van der Waals surface area contributed by atoms with Gasteiger partial charge in [-0.3, -0.25) is 9.78 Å². The van der Waals surface area contributed by atoms with Crippen LogP contribution in [-0.2, 0) is 17.8 Å². The van der Waals surface area contributed by atoms with E-state index in [2.05, 4.69) is 38.1 Å². The number of thiocarbonyl (C=S) groups is 1. The number of carbonyl (C=O) groups is 1. The monoisotopic (exact) mass is 499 g/mol. The maximum Gasteiger partial charge on any atom is 0.226 e. The van der Waals surface area contributed by atoms with E-state index in [0.29, 0.717) is 24.6 Å². The first-order chi connectivity index (χ1) is 17.6. The highest BCUT2D eigenvalue weighted by Gasteiger charge is 2.41. The summed E-state index contributed by atoms with van der Waals surface area (Å²) in [5.41, 5.74) is 3.96. The molecular formula is C28H29N5O2S. The number of amides is 1. The molecule has 1 aliphatic heterocycles. The van der Waals surface area contributed by atoms with Crippen LogP contribution in [0.2, 0.25) is 0 Å². The van der Waals surface area contributed by atoms with Gasteiger partial charge in [0.1, 0.15) is 5.76 Å². The van der Waals surface area contributed by atoms with Crippen molar-refractivity contribution in [1.29, 1.82) is 0 Å². The van der Waals surface area contributed by atoms with E-state index in [1.807, 2.05) is 66.9 Å². The predicted octanol–water partition coefficient (Wildman–Crippen LogP) is 5.09. The highest BCUT2D eigenvalue weighted by atomic mass is 32.1. The van der Waals surface area contributed by atoms with Crippen LogP contribution in [-0.4, -0.2) is 32.0 Å². The average molecular weight is 500 g/mol. The van der Waals surface area contributed by atoms with Gasteiger partial charge in [0, 0.05) is 36.7 Å². The molecule has 8 heteroatoms. The SMILES string of the molecule is CCc1ccccc1NC(=O)CCN1C(=S)N[C@@H](c2ccccn2)[C@H]1c1cccn1Cc1ccco1. The minimum absolute atomic E-state index is 0.0373. The first-order valence-electron chi connectivity index (χ1n) is 12.2. The van der Waals surface area contributed by atoms with E-state index in [9.17, 15) is 4.79 Å². The highest BCUT2D eigenvalue weighted by Crippen LogP contribution is 2.39. The molecule has 3 aromatic heterocycles. The van der Waals surface area contributed by atoms with Crippen molar-refractivity contribution < 1.29 is 9.21 Å². The van der Waals surface area contributed by atoms with E-state index >= 15 is 0 Å². The number of hydrogen-bond acceptors (Lipinski definition) is 4. The maximum absolute atomic E-state index is 12.9. The molecule has 5 rings (SSSR count). The molecule has 7 nitrogen and oxygen atoms in total. The van der Waals surface area contributed by atoms with Crippen LogP contribution in [0.25, 0.3) is 0 Å². The van der Waals surface area contributed by atoms with Gasteiger partial charge in [0.15, 0.2) is 5.11 Å². The Hall–Kier alpha value is -3.91. The molecule has 1 saturated heterocycles. The van der Waals surface area contributed by atoms with Gasteiger partial charge in [0.2, 0.25) is 5.91 Å². The molecule has 1 aliphatic rings. The number of nitrogens with one attached hydrogen (secondary N) is 2. The third kappa shape index (κ3) is 5.04. The van der Waals surface area contributed by atoms with E-state index in [-0.39, 0.29) is 18.0 Å². The molecule has 0 radical (unpaired) electrons. The Balaban J connectivity index is 1.39. The van der Waals surface area contributed by atoms with Gasteiger partial charge in [-0.2, -0.15) is 0 Å². The Bertz CT molecular complexity index is 1320. The van der Waals surface area contributed by atoms with E-state index in [4.69, 9.17) is 16.6 Å². The predicted molar refractivity (Wildman–Crippen MR) is 143 cm³/mol. The van der Waals surface area contributed by atoms with Gasteiger partial charge < -0.3 is 24.5 Å². The van der Waals surface area contributed by atoms with Crippen molar-refractivity contribution >= 4 is 28.9 Å². The fraction of sp³-hybridized carbons (Fsp3) is 0.250. The molecule has 184 valence electrons. The second-order valence-corrected chi connectivity index (χ2v) is 9.16. The van der Waals surface area contributed by atoms with Gasteiger partial charge >= 0.3 is 0 Å². The first kappa shape index (κ1) is 23.8. The van der Waals surface area contributed by atoms with E-state index < -0.39 is 0 Å². The zero-order chi connectivity index (χ0) is 24.9. The summed E-state index contributed by atoms with van der Waals surface area (Å²) < 4.78 is 7.76. The molecule has 1 amide bonds. The molecule has 0 spiro atoms. The molecule has 2 N–H and O–H groups in total. The second kappa shape index (κ2) is 10.8. The number of benzene rings is 1. The molecule has 4 aromatic rings. The van der Waals surface area contributed by atoms with Gasteiger partial charge in [-0.25, -0.2) is 0 Å². The van der Waals surface area contributed by atoms with Crippen molar-refractivity contribution in [2.45, 2.75) is 38.4 Å². The van der Waals surface area contributed by atoms with Gasteiger partial charge in [-0.15, -0.1) is 0 Å². The van der Waals surface area contributed by atoms with E-state index in [1.54, 1.807) is 12.5 Å². The molecule has 1 fully saturated rings. The molecule has 1 aromatic carbocycles. The van der Waals surface area contributed by atoms with Crippen molar-refractivity contribution in [1.82, 2.24) is 19.8 Å². The van der Waals surface area contributed by atoms with Crippen LogP contribution in [0.5, 0.6) is 0 Å².